The average molecular weight is 523 g/mol. The van der Waals surface area contributed by atoms with Gasteiger partial charge in [0.15, 0.2) is 0 Å². The Balaban J connectivity index is 1.75. The molecule has 0 aliphatic rings. The molecule has 0 spiro atoms. The van der Waals surface area contributed by atoms with Gasteiger partial charge in [-0.1, -0.05) is 23.7 Å². The molecule has 0 aliphatic heterocycles. The number of hydrogen-bond donors (Lipinski definition) is 2. The molecule has 2 aromatic carbocycles. The van der Waals surface area contributed by atoms with E-state index in [9.17, 15) is 14.4 Å². The van der Waals surface area contributed by atoms with E-state index in [1.165, 1.54) is 38.6 Å². The molecule has 0 unspecified atom stereocenters. The van der Waals surface area contributed by atoms with E-state index in [4.69, 9.17) is 21.1 Å². The molecule has 0 saturated carbocycles. The summed E-state index contributed by atoms with van der Waals surface area (Å²) in [6.45, 7) is 3.75. The minimum atomic E-state index is -0.510. The van der Waals surface area contributed by atoms with Crippen LogP contribution in [0.1, 0.15) is 29.8 Å². The van der Waals surface area contributed by atoms with Gasteiger partial charge in [-0.3, -0.25) is 19.5 Å². The Morgan fingerprint density at radius 1 is 1.03 bits per heavy atom. The van der Waals surface area contributed by atoms with Gasteiger partial charge in [-0.2, -0.15) is 0 Å². The third kappa shape index (κ3) is 8.08. The highest BCUT2D eigenvalue weighted by molar-refractivity contribution is 6.30. The molecule has 1 heterocycles. The maximum atomic E-state index is 12.7. The van der Waals surface area contributed by atoms with Gasteiger partial charge in [-0.25, -0.2) is 4.79 Å². The summed E-state index contributed by atoms with van der Waals surface area (Å²) in [6, 6.07) is 15.8. The van der Waals surface area contributed by atoms with E-state index in [0.29, 0.717) is 34.6 Å². The highest BCUT2D eigenvalue weighted by atomic mass is 35.5. The van der Waals surface area contributed by atoms with Gasteiger partial charge in [0.2, 0.25) is 5.91 Å². The number of carbonyl (C=O) groups is 3. The van der Waals surface area contributed by atoms with Crippen LogP contribution in [0.15, 0.2) is 78.9 Å². The number of hydrogen-bond acceptors (Lipinski definition) is 8. The van der Waals surface area contributed by atoms with Crippen molar-refractivity contribution in [1.82, 2.24) is 15.2 Å². The molecule has 2 amide bonds. The Morgan fingerprint density at radius 2 is 1.73 bits per heavy atom. The van der Waals surface area contributed by atoms with Crippen LogP contribution in [-0.4, -0.2) is 41.3 Å². The largest absolute Gasteiger partial charge is 0.465 e. The fraction of sp³-hybridized carbons (Fsp3) is 0.185. The summed E-state index contributed by atoms with van der Waals surface area (Å²) in [7, 11) is 1.29. The predicted octanol–water partition coefficient (Wildman–Crippen LogP) is 4.75. The van der Waals surface area contributed by atoms with Crippen LogP contribution in [0.5, 0.6) is 11.5 Å². The average Bonchev–Trinajstić information content (AvgIpc) is 2.89. The van der Waals surface area contributed by atoms with Crippen molar-refractivity contribution < 1.29 is 23.9 Å². The highest BCUT2D eigenvalue weighted by Gasteiger charge is 2.15. The van der Waals surface area contributed by atoms with Crippen LogP contribution in [0.4, 0.5) is 5.69 Å². The second-order valence-electron chi connectivity index (χ2n) is 7.79. The number of nitrogens with zero attached hydrogens (tertiary/aromatic N) is 2. The molecule has 0 aliphatic carbocycles. The minimum Gasteiger partial charge on any atom is -0.465 e. The Bertz CT molecular complexity index is 1280. The number of benzene rings is 2. The van der Waals surface area contributed by atoms with Crippen molar-refractivity contribution in [2.24, 2.45) is 0 Å². The van der Waals surface area contributed by atoms with Crippen LogP contribution < -0.4 is 15.4 Å². The molecule has 1 aromatic heterocycles. The number of nitrogens with one attached hydrogen (secondary N) is 2. The summed E-state index contributed by atoms with van der Waals surface area (Å²) in [6.07, 6.45) is 4.22. The van der Waals surface area contributed by atoms with E-state index in [2.05, 4.69) is 15.6 Å². The number of rotatable bonds is 10. The first kappa shape index (κ1) is 27.2. The molecule has 10 heteroatoms. The molecule has 0 atom stereocenters. The maximum Gasteiger partial charge on any atom is 0.339 e. The Kier molecular flexibility index (Phi) is 9.62. The smallest absolute Gasteiger partial charge is 0.339 e. The lowest BCUT2D eigenvalue weighted by atomic mass is 10.2. The van der Waals surface area contributed by atoms with Gasteiger partial charge >= 0.3 is 5.97 Å². The normalized spacial score (nSPS) is 10.9. The van der Waals surface area contributed by atoms with Crippen molar-refractivity contribution in [2.75, 3.05) is 19.0 Å². The van der Waals surface area contributed by atoms with Crippen molar-refractivity contribution in [1.29, 1.82) is 0 Å². The number of imide groups is 1. The number of esters is 1. The van der Waals surface area contributed by atoms with Gasteiger partial charge in [0, 0.05) is 43.0 Å². The molecule has 0 fully saturated rings. The van der Waals surface area contributed by atoms with E-state index in [1.54, 1.807) is 43.3 Å². The second-order valence-corrected chi connectivity index (χ2v) is 8.23. The molecule has 0 radical (unpaired) electrons. The minimum absolute atomic E-state index is 0.257. The Hall–Kier alpha value is -4.37. The van der Waals surface area contributed by atoms with Crippen molar-refractivity contribution in [3.63, 3.8) is 0 Å². The van der Waals surface area contributed by atoms with E-state index in [-0.39, 0.29) is 18.0 Å². The van der Waals surface area contributed by atoms with Crippen molar-refractivity contribution in [2.45, 2.75) is 20.4 Å². The topological polar surface area (TPSA) is 110 Å². The second kappa shape index (κ2) is 13.1. The lowest BCUT2D eigenvalue weighted by molar-refractivity contribution is -0.140. The Morgan fingerprint density at radius 3 is 2.35 bits per heavy atom. The zero-order valence-electron chi connectivity index (χ0n) is 20.7. The molecular formula is C27H27ClN4O5. The fourth-order valence-electron chi connectivity index (χ4n) is 3.27. The number of halogens is 1. The highest BCUT2D eigenvalue weighted by Crippen LogP contribution is 2.24. The molecular weight excluding hydrogens is 496 g/mol. The zero-order chi connectivity index (χ0) is 26.8. The van der Waals surface area contributed by atoms with Gasteiger partial charge in [-0.15, -0.1) is 0 Å². The van der Waals surface area contributed by atoms with Crippen LogP contribution in [-0.2, 0) is 20.9 Å². The van der Waals surface area contributed by atoms with Gasteiger partial charge in [-0.05, 0) is 55.0 Å². The van der Waals surface area contributed by atoms with Crippen LogP contribution >= 0.6 is 11.6 Å². The van der Waals surface area contributed by atoms with Gasteiger partial charge in [0.1, 0.15) is 17.3 Å². The van der Waals surface area contributed by atoms with Crippen molar-refractivity contribution >= 4 is 35.1 Å². The SMILES string of the molecule is CCN(C(C)=O)C(=O)/C=C(\NCc1ccc(Cl)cc1)Nc1ccc(Oc2cncc(C(=O)OC)c2)cc1. The van der Waals surface area contributed by atoms with Gasteiger partial charge < -0.3 is 20.1 Å². The summed E-state index contributed by atoms with van der Waals surface area (Å²) < 4.78 is 10.5. The number of anilines is 1. The number of pyridine rings is 1. The van der Waals surface area contributed by atoms with Crippen LogP contribution in [0.3, 0.4) is 0 Å². The van der Waals surface area contributed by atoms with Crippen LogP contribution in [0, 0.1) is 0 Å². The lowest BCUT2D eigenvalue weighted by Crippen LogP contribution is -2.35. The van der Waals surface area contributed by atoms with Crippen LogP contribution in [0.2, 0.25) is 5.02 Å². The maximum absolute atomic E-state index is 12.7. The fourth-order valence-corrected chi connectivity index (χ4v) is 3.39. The van der Waals surface area contributed by atoms with Crippen molar-refractivity contribution in [3.05, 3.63) is 95.0 Å². The molecule has 9 nitrogen and oxygen atoms in total. The molecule has 3 aromatic rings. The number of carbonyl (C=O) groups excluding carboxylic acids is 3. The lowest BCUT2D eigenvalue weighted by Gasteiger charge is -2.18. The number of aromatic nitrogens is 1. The summed E-state index contributed by atoms with van der Waals surface area (Å²) in [4.78, 5) is 41.4. The summed E-state index contributed by atoms with van der Waals surface area (Å²) >= 11 is 5.96. The van der Waals surface area contributed by atoms with Gasteiger partial charge in [0.05, 0.1) is 18.9 Å². The Labute approximate surface area is 220 Å². The molecule has 192 valence electrons. The van der Waals surface area contributed by atoms with E-state index >= 15 is 0 Å². The van der Waals surface area contributed by atoms with E-state index in [1.807, 2.05) is 12.1 Å². The molecule has 3 rings (SSSR count). The number of likely N-dealkylation sites (N-methyl/N-ethyl adjacent to an activating group) is 1. The predicted molar refractivity (Wildman–Crippen MR) is 140 cm³/mol. The standard InChI is InChI=1S/C27H27ClN4O5/c1-4-32(18(2)33)26(34)14-25(30-15-19-5-7-21(28)8-6-19)31-22-9-11-23(12-10-22)37-24-13-20(16-29-17-24)27(35)36-3/h5-14,16-17,30-31H,4,15H2,1-3H3/b25-14+. The zero-order valence-corrected chi connectivity index (χ0v) is 21.4. The first-order valence-electron chi connectivity index (χ1n) is 11.4. The first-order valence-corrected chi connectivity index (χ1v) is 11.8. The number of ether oxygens (including phenoxy) is 2. The summed E-state index contributed by atoms with van der Waals surface area (Å²) in [5.74, 6) is 0.00132. The first-order chi connectivity index (χ1) is 17.8. The van der Waals surface area contributed by atoms with E-state index in [0.717, 1.165) is 10.5 Å². The third-order valence-electron chi connectivity index (χ3n) is 5.13. The van der Waals surface area contributed by atoms with Crippen LogP contribution in [0.25, 0.3) is 0 Å². The molecule has 37 heavy (non-hydrogen) atoms. The van der Waals surface area contributed by atoms with E-state index < -0.39 is 11.9 Å². The van der Waals surface area contributed by atoms with Crippen molar-refractivity contribution in [3.8, 4) is 11.5 Å². The third-order valence-corrected chi connectivity index (χ3v) is 5.38. The molecule has 2 N–H and O–H groups in total. The summed E-state index contributed by atoms with van der Waals surface area (Å²) in [5.41, 5.74) is 1.90. The number of methoxy groups -OCH3 is 1. The molecule has 0 bridgehead atoms. The monoisotopic (exact) mass is 522 g/mol. The number of amides is 2. The molecule has 0 saturated heterocycles. The summed E-state index contributed by atoms with van der Waals surface area (Å²) in [5, 5.41) is 6.99. The quantitative estimate of drug-likeness (QED) is 0.290. The van der Waals surface area contributed by atoms with Gasteiger partial charge in [0.25, 0.3) is 5.91 Å².